The zero-order valence-electron chi connectivity index (χ0n) is 10.8. The summed E-state index contributed by atoms with van der Waals surface area (Å²) in [5.41, 5.74) is 1.30. The first-order valence-corrected chi connectivity index (χ1v) is 7.37. The average Bonchev–Trinajstić information content (AvgIpc) is 2.28. The molecule has 0 fully saturated rings. The summed E-state index contributed by atoms with van der Waals surface area (Å²) in [6, 6.07) is 8.11. The molecule has 0 aliphatic heterocycles. The Morgan fingerprint density at radius 2 is 2.06 bits per heavy atom. The minimum atomic E-state index is 0.566. The summed E-state index contributed by atoms with van der Waals surface area (Å²) < 4.78 is 0. The summed E-state index contributed by atoms with van der Waals surface area (Å²) >= 11 is 12.1. The minimum absolute atomic E-state index is 0.566. The Balaban J connectivity index is 2.51. The fraction of sp³-hybridized carbons (Fsp3) is 0.600. The maximum Gasteiger partial charge on any atom is 0.0408 e. The van der Waals surface area contributed by atoms with Gasteiger partial charge in [0.1, 0.15) is 0 Å². The van der Waals surface area contributed by atoms with Crippen molar-refractivity contribution >= 4 is 23.2 Å². The molecule has 1 aromatic carbocycles. The second kappa shape index (κ2) is 8.00. The van der Waals surface area contributed by atoms with Crippen molar-refractivity contribution in [1.29, 1.82) is 0 Å². The second-order valence-electron chi connectivity index (χ2n) is 4.98. The summed E-state index contributed by atoms with van der Waals surface area (Å²) in [5, 5.41) is 0.817. The molecule has 0 amide bonds. The molecule has 0 aliphatic rings. The maximum atomic E-state index is 6.07. The zero-order valence-corrected chi connectivity index (χ0v) is 12.3. The first-order chi connectivity index (χ1) is 8.15. The fourth-order valence-electron chi connectivity index (χ4n) is 2.38. The highest BCUT2D eigenvalue weighted by molar-refractivity contribution is 6.30. The van der Waals surface area contributed by atoms with Gasteiger partial charge in [0.2, 0.25) is 0 Å². The number of hydrogen-bond acceptors (Lipinski definition) is 0. The van der Waals surface area contributed by atoms with Gasteiger partial charge in [-0.2, -0.15) is 0 Å². The lowest BCUT2D eigenvalue weighted by Crippen LogP contribution is -2.11. The highest BCUT2D eigenvalue weighted by Crippen LogP contribution is 2.23. The van der Waals surface area contributed by atoms with Gasteiger partial charge in [-0.25, -0.2) is 0 Å². The van der Waals surface area contributed by atoms with Crippen LogP contribution in [0.5, 0.6) is 0 Å². The molecular formula is C15H22Cl2. The SMILES string of the molecule is CCCC(C)CC(CCl)Cc1cccc(Cl)c1. The van der Waals surface area contributed by atoms with Gasteiger partial charge in [0.05, 0.1) is 0 Å². The Bertz CT molecular complexity index is 322. The van der Waals surface area contributed by atoms with E-state index >= 15 is 0 Å². The van der Waals surface area contributed by atoms with Crippen molar-refractivity contribution in [3.63, 3.8) is 0 Å². The standard InChI is InChI=1S/C15H22Cl2/c1-3-5-12(2)8-14(11-16)9-13-6-4-7-15(17)10-13/h4,6-7,10,12,14H,3,5,8-9,11H2,1-2H3. The average molecular weight is 273 g/mol. The smallest absolute Gasteiger partial charge is 0.0408 e. The molecule has 96 valence electrons. The summed E-state index contributed by atoms with van der Waals surface area (Å²) in [7, 11) is 0. The molecule has 1 aromatic rings. The van der Waals surface area contributed by atoms with Gasteiger partial charge in [-0.05, 0) is 42.4 Å². The molecule has 0 nitrogen and oxygen atoms in total. The van der Waals surface area contributed by atoms with Gasteiger partial charge in [-0.1, -0.05) is 50.4 Å². The van der Waals surface area contributed by atoms with Crippen molar-refractivity contribution in [2.24, 2.45) is 11.8 Å². The van der Waals surface area contributed by atoms with Gasteiger partial charge in [0.15, 0.2) is 0 Å². The van der Waals surface area contributed by atoms with E-state index in [1.165, 1.54) is 24.8 Å². The Kier molecular flexibility index (Phi) is 6.99. The van der Waals surface area contributed by atoms with Crippen LogP contribution in [0.2, 0.25) is 5.02 Å². The molecule has 0 aromatic heterocycles. The van der Waals surface area contributed by atoms with E-state index in [-0.39, 0.29) is 0 Å². The molecule has 2 unspecified atom stereocenters. The van der Waals surface area contributed by atoms with Crippen LogP contribution < -0.4 is 0 Å². The van der Waals surface area contributed by atoms with E-state index < -0.39 is 0 Å². The molecule has 1 rings (SSSR count). The monoisotopic (exact) mass is 272 g/mol. The molecule has 17 heavy (non-hydrogen) atoms. The lowest BCUT2D eigenvalue weighted by Gasteiger charge is -2.18. The second-order valence-corrected chi connectivity index (χ2v) is 5.73. The van der Waals surface area contributed by atoms with Crippen LogP contribution >= 0.6 is 23.2 Å². The quantitative estimate of drug-likeness (QED) is 0.570. The Morgan fingerprint density at radius 1 is 1.29 bits per heavy atom. The number of rotatable bonds is 7. The van der Waals surface area contributed by atoms with Crippen LogP contribution in [0.4, 0.5) is 0 Å². The topological polar surface area (TPSA) is 0 Å². The third-order valence-corrected chi connectivity index (χ3v) is 3.82. The number of alkyl halides is 1. The van der Waals surface area contributed by atoms with Crippen LogP contribution in [-0.2, 0) is 6.42 Å². The molecule has 0 N–H and O–H groups in total. The summed E-state index contributed by atoms with van der Waals surface area (Å²) in [6.45, 7) is 4.56. The molecular weight excluding hydrogens is 251 g/mol. The van der Waals surface area contributed by atoms with E-state index in [4.69, 9.17) is 23.2 Å². The van der Waals surface area contributed by atoms with E-state index in [1.807, 2.05) is 18.2 Å². The van der Waals surface area contributed by atoms with E-state index in [1.54, 1.807) is 0 Å². The molecule has 0 heterocycles. The lowest BCUT2D eigenvalue weighted by molar-refractivity contribution is 0.393. The van der Waals surface area contributed by atoms with Crippen molar-refractivity contribution in [3.05, 3.63) is 34.9 Å². The van der Waals surface area contributed by atoms with E-state index in [9.17, 15) is 0 Å². The van der Waals surface area contributed by atoms with Crippen molar-refractivity contribution in [2.75, 3.05) is 5.88 Å². The van der Waals surface area contributed by atoms with E-state index in [0.717, 1.165) is 23.2 Å². The first-order valence-electron chi connectivity index (χ1n) is 6.46. The van der Waals surface area contributed by atoms with Gasteiger partial charge in [-0.15, -0.1) is 11.6 Å². The predicted octanol–water partition coefficient (Wildman–Crippen LogP) is 5.56. The first kappa shape index (κ1) is 14.9. The molecule has 2 atom stereocenters. The van der Waals surface area contributed by atoms with E-state index in [2.05, 4.69) is 19.9 Å². The Labute approximate surface area is 115 Å². The molecule has 0 radical (unpaired) electrons. The molecule has 0 aliphatic carbocycles. The van der Waals surface area contributed by atoms with Crippen molar-refractivity contribution in [3.8, 4) is 0 Å². The minimum Gasteiger partial charge on any atom is -0.126 e. The van der Waals surface area contributed by atoms with Gasteiger partial charge in [0.25, 0.3) is 0 Å². The Morgan fingerprint density at radius 3 is 2.65 bits per heavy atom. The van der Waals surface area contributed by atoms with Crippen LogP contribution in [0.25, 0.3) is 0 Å². The third kappa shape index (κ3) is 5.79. The lowest BCUT2D eigenvalue weighted by atomic mass is 9.89. The highest BCUT2D eigenvalue weighted by Gasteiger charge is 2.13. The Hall–Kier alpha value is -0.200. The van der Waals surface area contributed by atoms with Gasteiger partial charge >= 0.3 is 0 Å². The zero-order chi connectivity index (χ0) is 12.7. The largest absolute Gasteiger partial charge is 0.126 e. The number of benzene rings is 1. The third-order valence-electron chi connectivity index (χ3n) is 3.15. The van der Waals surface area contributed by atoms with Crippen molar-refractivity contribution < 1.29 is 0 Å². The number of halogens is 2. The van der Waals surface area contributed by atoms with Gasteiger partial charge in [0, 0.05) is 10.9 Å². The van der Waals surface area contributed by atoms with Crippen LogP contribution in [0, 0.1) is 11.8 Å². The predicted molar refractivity (Wildman–Crippen MR) is 78.1 cm³/mol. The highest BCUT2D eigenvalue weighted by atomic mass is 35.5. The van der Waals surface area contributed by atoms with Gasteiger partial charge < -0.3 is 0 Å². The van der Waals surface area contributed by atoms with Crippen LogP contribution in [0.3, 0.4) is 0 Å². The van der Waals surface area contributed by atoms with Crippen LogP contribution in [0.15, 0.2) is 24.3 Å². The normalized spacial score (nSPS) is 14.6. The van der Waals surface area contributed by atoms with E-state index in [0.29, 0.717) is 5.92 Å². The van der Waals surface area contributed by atoms with Crippen molar-refractivity contribution in [1.82, 2.24) is 0 Å². The van der Waals surface area contributed by atoms with Crippen LogP contribution in [-0.4, -0.2) is 5.88 Å². The molecule has 0 spiro atoms. The molecule has 0 bridgehead atoms. The fourth-order valence-corrected chi connectivity index (χ4v) is 2.83. The summed E-state index contributed by atoms with van der Waals surface area (Å²) in [5.74, 6) is 2.07. The maximum absolute atomic E-state index is 6.07. The van der Waals surface area contributed by atoms with Crippen LogP contribution in [0.1, 0.15) is 38.7 Å². The number of hydrogen-bond donors (Lipinski definition) is 0. The van der Waals surface area contributed by atoms with Gasteiger partial charge in [-0.3, -0.25) is 0 Å². The molecule has 2 heteroatoms. The molecule has 0 saturated heterocycles. The molecule has 0 saturated carbocycles. The van der Waals surface area contributed by atoms with Crippen molar-refractivity contribution in [2.45, 2.75) is 39.5 Å². The summed E-state index contributed by atoms with van der Waals surface area (Å²) in [6.07, 6.45) is 4.80. The summed E-state index contributed by atoms with van der Waals surface area (Å²) in [4.78, 5) is 0.